The largest absolute Gasteiger partial charge is 0.325 e. The Morgan fingerprint density at radius 1 is 1.67 bits per heavy atom. The number of hydrogen-bond acceptors (Lipinski definition) is 3. The minimum absolute atomic E-state index is 0.364. The summed E-state index contributed by atoms with van der Waals surface area (Å²) >= 11 is -2.05. The zero-order valence-corrected chi connectivity index (χ0v) is 7.04. The van der Waals surface area contributed by atoms with Gasteiger partial charge in [0.2, 0.25) is 0 Å². The van der Waals surface area contributed by atoms with E-state index in [1.165, 1.54) is 6.20 Å². The van der Waals surface area contributed by atoms with Gasteiger partial charge in [-0.15, -0.1) is 0 Å². The fourth-order valence-corrected chi connectivity index (χ4v) is 1.03. The molecule has 0 aromatic carbocycles. The van der Waals surface area contributed by atoms with Crippen LogP contribution < -0.4 is 10.5 Å². The van der Waals surface area contributed by atoms with Gasteiger partial charge in [0.05, 0.1) is 17.6 Å². The Hall–Kier alpha value is -0.980. The first-order chi connectivity index (χ1) is 5.72. The first-order valence-electron chi connectivity index (χ1n) is 3.25. The Morgan fingerprint density at radius 2 is 2.42 bits per heavy atom. The molecule has 1 unspecified atom stereocenters. The summed E-state index contributed by atoms with van der Waals surface area (Å²) in [4.78, 5) is 3.92. The second kappa shape index (κ2) is 4.15. The quantitative estimate of drug-likeness (QED) is 0.585. The van der Waals surface area contributed by atoms with Crippen LogP contribution in [0, 0.1) is 0 Å². The molecular weight excluding hydrogens is 178 g/mol. The van der Waals surface area contributed by atoms with Gasteiger partial charge in [0, 0.05) is 6.54 Å². The van der Waals surface area contributed by atoms with Crippen LogP contribution in [0.3, 0.4) is 0 Å². The lowest BCUT2D eigenvalue weighted by Crippen LogP contribution is -2.04. The Bertz CT molecular complexity index is 275. The normalized spacial score (nSPS) is 12.5. The van der Waals surface area contributed by atoms with E-state index in [9.17, 15) is 4.21 Å². The van der Waals surface area contributed by atoms with E-state index in [-0.39, 0.29) is 0 Å². The fourth-order valence-electron chi connectivity index (χ4n) is 0.706. The molecule has 0 fully saturated rings. The van der Waals surface area contributed by atoms with Crippen molar-refractivity contribution in [3.05, 3.63) is 24.0 Å². The van der Waals surface area contributed by atoms with E-state index in [1.54, 1.807) is 12.1 Å². The third kappa shape index (κ3) is 2.57. The Labute approximate surface area is 72.4 Å². The molecule has 0 aliphatic heterocycles. The SMILES string of the molecule is NCc1ccc(NS(=O)O)cn1. The van der Waals surface area contributed by atoms with E-state index in [0.717, 1.165) is 5.69 Å². The second-order valence-corrected chi connectivity index (χ2v) is 2.80. The van der Waals surface area contributed by atoms with Gasteiger partial charge in [0.15, 0.2) is 0 Å². The van der Waals surface area contributed by atoms with Crippen molar-refractivity contribution in [3.63, 3.8) is 0 Å². The molecule has 66 valence electrons. The van der Waals surface area contributed by atoms with Crippen LogP contribution in [0.2, 0.25) is 0 Å². The number of hydrogen-bond donors (Lipinski definition) is 3. The molecule has 0 saturated carbocycles. The molecule has 0 bridgehead atoms. The molecule has 0 amide bonds. The average molecular weight is 187 g/mol. The van der Waals surface area contributed by atoms with E-state index in [0.29, 0.717) is 12.2 Å². The molecule has 1 atom stereocenters. The van der Waals surface area contributed by atoms with Crippen LogP contribution in [-0.4, -0.2) is 13.7 Å². The van der Waals surface area contributed by atoms with Crippen molar-refractivity contribution >= 4 is 17.0 Å². The summed E-state index contributed by atoms with van der Waals surface area (Å²) < 4.78 is 21.0. The molecule has 0 spiro atoms. The fraction of sp³-hybridized carbons (Fsp3) is 0.167. The van der Waals surface area contributed by atoms with Crippen molar-refractivity contribution in [3.8, 4) is 0 Å². The van der Waals surface area contributed by atoms with Crippen molar-refractivity contribution in [2.45, 2.75) is 6.54 Å². The topological polar surface area (TPSA) is 88.2 Å². The van der Waals surface area contributed by atoms with Gasteiger partial charge in [-0.25, -0.2) is 4.21 Å². The van der Waals surface area contributed by atoms with E-state index >= 15 is 0 Å². The van der Waals surface area contributed by atoms with E-state index in [1.807, 2.05) is 0 Å². The molecule has 1 rings (SSSR count). The minimum atomic E-state index is -2.05. The Morgan fingerprint density at radius 3 is 2.83 bits per heavy atom. The van der Waals surface area contributed by atoms with Gasteiger partial charge in [-0.2, -0.15) is 0 Å². The van der Waals surface area contributed by atoms with E-state index in [4.69, 9.17) is 10.3 Å². The van der Waals surface area contributed by atoms with Gasteiger partial charge >= 0.3 is 0 Å². The number of nitrogens with zero attached hydrogens (tertiary/aromatic N) is 1. The van der Waals surface area contributed by atoms with Gasteiger partial charge < -0.3 is 5.73 Å². The second-order valence-electron chi connectivity index (χ2n) is 2.09. The molecule has 0 radical (unpaired) electrons. The molecule has 4 N–H and O–H groups in total. The maximum absolute atomic E-state index is 10.3. The lowest BCUT2D eigenvalue weighted by atomic mass is 10.3. The van der Waals surface area contributed by atoms with Crippen molar-refractivity contribution in [2.24, 2.45) is 5.73 Å². The molecule has 0 aliphatic rings. The highest BCUT2D eigenvalue weighted by Crippen LogP contribution is 2.05. The first kappa shape index (κ1) is 9.11. The number of pyridine rings is 1. The van der Waals surface area contributed by atoms with Crippen molar-refractivity contribution in [1.82, 2.24) is 4.98 Å². The predicted molar refractivity (Wildman–Crippen MR) is 46.5 cm³/mol. The molecule has 1 heterocycles. The third-order valence-electron chi connectivity index (χ3n) is 1.24. The third-order valence-corrected chi connectivity index (χ3v) is 1.65. The lowest BCUT2D eigenvalue weighted by molar-refractivity contribution is 0.570. The van der Waals surface area contributed by atoms with Crippen LogP contribution in [0.4, 0.5) is 5.69 Å². The predicted octanol–water partition coefficient (Wildman–Crippen LogP) is 0.0889. The Balaban J connectivity index is 2.71. The van der Waals surface area contributed by atoms with Crippen molar-refractivity contribution in [2.75, 3.05) is 4.72 Å². The Kier molecular flexibility index (Phi) is 3.15. The van der Waals surface area contributed by atoms with E-state index < -0.39 is 11.3 Å². The lowest BCUT2D eigenvalue weighted by Gasteiger charge is -2.00. The number of aromatic nitrogens is 1. The van der Waals surface area contributed by atoms with Crippen LogP contribution in [0.15, 0.2) is 18.3 Å². The molecule has 0 saturated heterocycles. The summed E-state index contributed by atoms with van der Waals surface area (Å²) in [5.74, 6) is 0. The van der Waals surface area contributed by atoms with Gasteiger partial charge in [-0.3, -0.25) is 14.3 Å². The minimum Gasteiger partial charge on any atom is -0.325 e. The highest BCUT2D eigenvalue weighted by atomic mass is 32.2. The summed E-state index contributed by atoms with van der Waals surface area (Å²) in [5, 5.41) is 0. The maximum atomic E-state index is 10.3. The zero-order chi connectivity index (χ0) is 8.97. The smallest absolute Gasteiger partial charge is 0.259 e. The summed E-state index contributed by atoms with van der Waals surface area (Å²) in [6.07, 6.45) is 1.45. The van der Waals surface area contributed by atoms with Gasteiger partial charge in [-0.05, 0) is 12.1 Å². The highest BCUT2D eigenvalue weighted by molar-refractivity contribution is 7.80. The molecule has 1 aromatic heterocycles. The monoisotopic (exact) mass is 187 g/mol. The first-order valence-corrected chi connectivity index (χ1v) is 4.35. The van der Waals surface area contributed by atoms with Gasteiger partial charge in [0.1, 0.15) is 0 Å². The molecule has 6 heteroatoms. The summed E-state index contributed by atoms with van der Waals surface area (Å²) in [6, 6.07) is 3.33. The van der Waals surface area contributed by atoms with Gasteiger partial charge in [-0.1, -0.05) is 0 Å². The summed E-state index contributed by atoms with van der Waals surface area (Å²) in [5.41, 5.74) is 6.54. The maximum Gasteiger partial charge on any atom is 0.259 e. The van der Waals surface area contributed by atoms with Crippen LogP contribution in [0.25, 0.3) is 0 Å². The standard InChI is InChI=1S/C6H9N3O2S/c7-3-5-1-2-6(4-8-5)9-12(10)11/h1-2,4,9H,3,7H2,(H,10,11). The van der Waals surface area contributed by atoms with Crippen molar-refractivity contribution < 1.29 is 8.76 Å². The van der Waals surface area contributed by atoms with Crippen molar-refractivity contribution in [1.29, 1.82) is 0 Å². The average Bonchev–Trinajstić information content (AvgIpc) is 2.05. The highest BCUT2D eigenvalue weighted by Gasteiger charge is 1.95. The number of anilines is 1. The summed E-state index contributed by atoms with van der Waals surface area (Å²) in [6.45, 7) is 0.364. The number of rotatable bonds is 3. The van der Waals surface area contributed by atoms with E-state index in [2.05, 4.69) is 9.71 Å². The molecule has 5 nitrogen and oxygen atoms in total. The van der Waals surface area contributed by atoms with Gasteiger partial charge in [0.25, 0.3) is 11.3 Å². The number of nitrogens with two attached hydrogens (primary N) is 1. The molecular formula is C6H9N3O2S. The van der Waals surface area contributed by atoms with Crippen LogP contribution in [0.5, 0.6) is 0 Å². The van der Waals surface area contributed by atoms with Crippen LogP contribution in [0.1, 0.15) is 5.69 Å². The summed E-state index contributed by atoms with van der Waals surface area (Å²) in [7, 11) is 0. The van der Waals surface area contributed by atoms with Crippen LogP contribution >= 0.6 is 0 Å². The number of nitrogens with one attached hydrogen (secondary N) is 1. The molecule has 0 aliphatic carbocycles. The zero-order valence-electron chi connectivity index (χ0n) is 6.23. The molecule has 12 heavy (non-hydrogen) atoms. The molecule has 1 aromatic rings. The van der Waals surface area contributed by atoms with Crippen LogP contribution in [-0.2, 0) is 17.8 Å².